The number of hydrogen-bond donors (Lipinski definition) is 0. The number of hydrogen-bond acceptors (Lipinski definition) is 6. The van der Waals surface area contributed by atoms with Crippen LogP contribution in [0.2, 0.25) is 0 Å². The number of benzene rings is 1. The SMILES string of the molecule is CC1(C)Cc2nnc(-c3cccc([N+](=O)[O-])c3)[n+]([O-])c2C(C)(C)O1. The van der Waals surface area contributed by atoms with E-state index in [4.69, 9.17) is 4.74 Å². The third-order valence-electron chi connectivity index (χ3n) is 3.94. The van der Waals surface area contributed by atoms with Gasteiger partial charge in [-0.05, 0) is 38.9 Å². The lowest BCUT2D eigenvalue weighted by molar-refractivity contribution is -0.618. The van der Waals surface area contributed by atoms with Gasteiger partial charge in [0.25, 0.3) is 5.69 Å². The van der Waals surface area contributed by atoms with Crippen LogP contribution in [0.5, 0.6) is 0 Å². The molecule has 0 saturated carbocycles. The Morgan fingerprint density at radius 3 is 2.62 bits per heavy atom. The summed E-state index contributed by atoms with van der Waals surface area (Å²) < 4.78 is 6.70. The van der Waals surface area contributed by atoms with E-state index in [1.807, 2.05) is 13.8 Å². The van der Waals surface area contributed by atoms with Gasteiger partial charge in [-0.25, -0.2) is 4.73 Å². The van der Waals surface area contributed by atoms with E-state index in [2.05, 4.69) is 10.2 Å². The van der Waals surface area contributed by atoms with Crippen molar-refractivity contribution in [2.24, 2.45) is 0 Å². The molecular formula is C16H18N4O4. The number of aromatic nitrogens is 3. The molecule has 8 heteroatoms. The van der Waals surface area contributed by atoms with Crippen LogP contribution in [-0.2, 0) is 16.8 Å². The molecule has 0 radical (unpaired) electrons. The van der Waals surface area contributed by atoms with Crippen molar-refractivity contribution in [3.05, 3.63) is 51.0 Å². The molecule has 0 fully saturated rings. The molecule has 8 nitrogen and oxygen atoms in total. The Bertz CT molecular complexity index is 833. The molecule has 1 aliphatic rings. The summed E-state index contributed by atoms with van der Waals surface area (Å²) in [4.78, 5) is 10.4. The van der Waals surface area contributed by atoms with E-state index in [0.717, 1.165) is 0 Å². The summed E-state index contributed by atoms with van der Waals surface area (Å²) in [7, 11) is 0. The maximum Gasteiger partial charge on any atom is 0.361 e. The van der Waals surface area contributed by atoms with Crippen molar-refractivity contribution in [3.63, 3.8) is 0 Å². The highest BCUT2D eigenvalue weighted by molar-refractivity contribution is 5.56. The van der Waals surface area contributed by atoms with Crippen LogP contribution in [0.25, 0.3) is 11.4 Å². The van der Waals surface area contributed by atoms with Crippen molar-refractivity contribution in [2.75, 3.05) is 0 Å². The number of rotatable bonds is 2. The van der Waals surface area contributed by atoms with E-state index < -0.39 is 16.1 Å². The number of nitrogens with zero attached hydrogens (tertiary/aromatic N) is 4. The molecular weight excluding hydrogens is 312 g/mol. The quantitative estimate of drug-likeness (QED) is 0.362. The van der Waals surface area contributed by atoms with Crippen molar-refractivity contribution in [2.45, 2.75) is 45.3 Å². The number of nitro benzene ring substituents is 1. The zero-order valence-electron chi connectivity index (χ0n) is 13.9. The van der Waals surface area contributed by atoms with Crippen molar-refractivity contribution < 1.29 is 14.4 Å². The molecule has 0 saturated heterocycles. The average molecular weight is 330 g/mol. The second kappa shape index (κ2) is 5.20. The first-order chi connectivity index (χ1) is 11.1. The highest BCUT2D eigenvalue weighted by atomic mass is 16.6. The summed E-state index contributed by atoms with van der Waals surface area (Å²) in [5.41, 5.74) is -0.0901. The van der Waals surface area contributed by atoms with E-state index in [0.29, 0.717) is 28.1 Å². The van der Waals surface area contributed by atoms with E-state index in [1.54, 1.807) is 19.9 Å². The van der Waals surface area contributed by atoms with Gasteiger partial charge >= 0.3 is 5.82 Å². The largest absolute Gasteiger partial charge is 0.710 e. The maximum absolute atomic E-state index is 12.9. The summed E-state index contributed by atoms with van der Waals surface area (Å²) >= 11 is 0. The third-order valence-corrected chi connectivity index (χ3v) is 3.94. The first kappa shape index (κ1) is 16.3. The predicted octanol–water partition coefficient (Wildman–Crippen LogP) is 2.27. The topological polar surface area (TPSA) is 105 Å². The van der Waals surface area contributed by atoms with Crippen LogP contribution >= 0.6 is 0 Å². The number of non-ortho nitro benzene ring substituents is 1. The van der Waals surface area contributed by atoms with Crippen LogP contribution in [0.4, 0.5) is 5.69 Å². The van der Waals surface area contributed by atoms with Gasteiger partial charge in [-0.15, -0.1) is 0 Å². The average Bonchev–Trinajstić information content (AvgIpc) is 2.44. The second-order valence-corrected chi connectivity index (χ2v) is 6.97. The summed E-state index contributed by atoms with van der Waals surface area (Å²) in [6.45, 7) is 7.48. The Balaban J connectivity index is 2.17. The Morgan fingerprint density at radius 2 is 1.96 bits per heavy atom. The van der Waals surface area contributed by atoms with Gasteiger partial charge in [-0.2, -0.15) is 0 Å². The number of nitro groups is 1. The van der Waals surface area contributed by atoms with Crippen LogP contribution in [-0.4, -0.2) is 20.7 Å². The van der Waals surface area contributed by atoms with Crippen molar-refractivity contribution >= 4 is 5.69 Å². The lowest BCUT2D eigenvalue weighted by Crippen LogP contribution is -2.52. The molecule has 1 aliphatic heterocycles. The fourth-order valence-corrected chi connectivity index (χ4v) is 3.24. The molecule has 2 heterocycles. The normalized spacial score (nSPS) is 18.0. The Morgan fingerprint density at radius 1 is 1.25 bits per heavy atom. The summed E-state index contributed by atoms with van der Waals surface area (Å²) in [6.07, 6.45) is 0.468. The molecule has 3 rings (SSSR count). The van der Waals surface area contributed by atoms with Crippen molar-refractivity contribution in [3.8, 4) is 11.4 Å². The molecule has 0 unspecified atom stereocenters. The van der Waals surface area contributed by atoms with E-state index in [9.17, 15) is 15.3 Å². The van der Waals surface area contributed by atoms with Crippen LogP contribution in [0, 0.1) is 15.3 Å². The van der Waals surface area contributed by atoms with Gasteiger partial charge in [-0.1, -0.05) is 6.07 Å². The minimum absolute atomic E-state index is 0.0221. The fraction of sp³-hybridized carbons (Fsp3) is 0.438. The fourth-order valence-electron chi connectivity index (χ4n) is 3.24. The second-order valence-electron chi connectivity index (χ2n) is 6.97. The molecule has 126 valence electrons. The lowest BCUT2D eigenvalue weighted by atomic mass is 9.89. The molecule has 1 aromatic carbocycles. The van der Waals surface area contributed by atoms with Crippen LogP contribution < -0.4 is 4.73 Å². The standard InChI is InChI=1S/C16H18N4O4/c1-15(2)9-12-13(16(3,4)24-15)19(21)14(18-17-12)10-6-5-7-11(8-10)20(22)23/h5-8H,9H2,1-4H3. The molecule has 2 aromatic rings. The zero-order chi connectivity index (χ0) is 17.7. The van der Waals surface area contributed by atoms with Crippen LogP contribution in [0.3, 0.4) is 0 Å². The summed E-state index contributed by atoms with van der Waals surface area (Å²) in [6, 6.07) is 5.78. The molecule has 0 amide bonds. The highest BCUT2D eigenvalue weighted by Gasteiger charge is 2.44. The summed E-state index contributed by atoms with van der Waals surface area (Å²) in [5.74, 6) is 0.0221. The Kier molecular flexibility index (Phi) is 3.52. The van der Waals surface area contributed by atoms with Crippen LogP contribution in [0.1, 0.15) is 39.1 Å². The first-order valence-corrected chi connectivity index (χ1v) is 7.55. The number of ether oxygens (including phenoxy) is 1. The number of fused-ring (bicyclic) bond motifs is 1. The molecule has 0 N–H and O–H groups in total. The van der Waals surface area contributed by atoms with Crippen LogP contribution in [0.15, 0.2) is 24.3 Å². The predicted molar refractivity (Wildman–Crippen MR) is 85.0 cm³/mol. The first-order valence-electron chi connectivity index (χ1n) is 7.55. The van der Waals surface area contributed by atoms with Gasteiger partial charge in [-0.3, -0.25) is 10.1 Å². The molecule has 24 heavy (non-hydrogen) atoms. The minimum Gasteiger partial charge on any atom is -0.710 e. The smallest absolute Gasteiger partial charge is 0.361 e. The van der Waals surface area contributed by atoms with Gasteiger partial charge in [0.2, 0.25) is 0 Å². The van der Waals surface area contributed by atoms with Gasteiger partial charge in [0, 0.05) is 18.6 Å². The van der Waals surface area contributed by atoms with E-state index in [-0.39, 0.29) is 11.5 Å². The molecule has 0 spiro atoms. The molecule has 0 atom stereocenters. The van der Waals surface area contributed by atoms with Gasteiger partial charge in [0.05, 0.1) is 21.2 Å². The molecule has 0 aliphatic carbocycles. The van der Waals surface area contributed by atoms with E-state index in [1.165, 1.54) is 18.2 Å². The summed E-state index contributed by atoms with van der Waals surface area (Å²) in [5, 5.41) is 32.0. The lowest BCUT2D eigenvalue weighted by Gasteiger charge is -2.40. The van der Waals surface area contributed by atoms with Gasteiger partial charge < -0.3 is 9.94 Å². The Hall–Kier alpha value is -2.61. The third kappa shape index (κ3) is 2.69. The maximum atomic E-state index is 12.9. The highest BCUT2D eigenvalue weighted by Crippen LogP contribution is 2.37. The minimum atomic E-state index is -0.843. The Labute approximate surface area is 138 Å². The molecule has 1 aromatic heterocycles. The van der Waals surface area contributed by atoms with Crippen molar-refractivity contribution in [1.82, 2.24) is 10.2 Å². The monoisotopic (exact) mass is 330 g/mol. The molecule has 0 bridgehead atoms. The van der Waals surface area contributed by atoms with Gasteiger partial charge in [0.15, 0.2) is 5.69 Å². The van der Waals surface area contributed by atoms with E-state index >= 15 is 0 Å². The van der Waals surface area contributed by atoms with Crippen molar-refractivity contribution in [1.29, 1.82) is 0 Å². The van der Waals surface area contributed by atoms with Gasteiger partial charge in [0.1, 0.15) is 11.3 Å². The zero-order valence-corrected chi connectivity index (χ0v) is 13.9.